The Labute approximate surface area is 99.2 Å². The Balaban J connectivity index is 2.25. The molecule has 0 saturated carbocycles. The molecule has 0 aliphatic heterocycles. The Hall–Kier alpha value is -0.830. The van der Waals surface area contributed by atoms with E-state index in [1.165, 1.54) is 5.69 Å². The van der Waals surface area contributed by atoms with E-state index in [0.29, 0.717) is 11.3 Å². The van der Waals surface area contributed by atoms with Crippen LogP contribution in [0, 0.1) is 11.3 Å². The molecule has 0 atom stereocenters. The quantitative estimate of drug-likeness (QED) is 0.750. The molecule has 1 N–H and O–H groups in total. The van der Waals surface area contributed by atoms with Gasteiger partial charge in [-0.2, -0.15) is 5.10 Å². The zero-order valence-corrected chi connectivity index (χ0v) is 11.2. The summed E-state index contributed by atoms with van der Waals surface area (Å²) in [5.41, 5.74) is 1.65. The van der Waals surface area contributed by atoms with Crippen LogP contribution < -0.4 is 5.32 Å². The number of aryl methyl sites for hydroxylation is 1. The number of hydrogen-bond donors (Lipinski definition) is 1. The van der Waals surface area contributed by atoms with Gasteiger partial charge in [0, 0.05) is 38.4 Å². The maximum Gasteiger partial charge on any atom is 0.0492 e. The van der Waals surface area contributed by atoms with E-state index >= 15 is 0 Å². The first kappa shape index (κ1) is 13.2. The highest BCUT2D eigenvalue weighted by Crippen LogP contribution is 2.24. The van der Waals surface area contributed by atoms with Crippen molar-refractivity contribution >= 4 is 0 Å². The fraction of sp³-hybridized carbons (Fsp3) is 0.769. The van der Waals surface area contributed by atoms with Crippen LogP contribution in [0.5, 0.6) is 0 Å². The van der Waals surface area contributed by atoms with Crippen molar-refractivity contribution in [1.82, 2.24) is 15.1 Å². The lowest BCUT2D eigenvalue weighted by Gasteiger charge is -2.29. The molecule has 16 heavy (non-hydrogen) atoms. The molecule has 3 heteroatoms. The third-order valence-electron chi connectivity index (χ3n) is 3.62. The van der Waals surface area contributed by atoms with Gasteiger partial charge in [0.2, 0.25) is 0 Å². The van der Waals surface area contributed by atoms with Crippen molar-refractivity contribution in [2.75, 3.05) is 13.1 Å². The van der Waals surface area contributed by atoms with Gasteiger partial charge < -0.3 is 5.32 Å². The third kappa shape index (κ3) is 3.63. The number of rotatable bonds is 6. The van der Waals surface area contributed by atoms with E-state index in [4.69, 9.17) is 0 Å². The molecule has 0 radical (unpaired) electrons. The summed E-state index contributed by atoms with van der Waals surface area (Å²) in [7, 11) is 1.99. The molecule has 0 unspecified atom stereocenters. The average Bonchev–Trinajstić information content (AvgIpc) is 2.59. The van der Waals surface area contributed by atoms with Crippen LogP contribution in [0.4, 0.5) is 0 Å². The molecule has 0 bridgehead atoms. The summed E-state index contributed by atoms with van der Waals surface area (Å²) in [6.45, 7) is 11.3. The van der Waals surface area contributed by atoms with Gasteiger partial charge in [-0.1, -0.05) is 27.7 Å². The second-order valence-electron chi connectivity index (χ2n) is 5.52. The molecule has 3 nitrogen and oxygen atoms in total. The van der Waals surface area contributed by atoms with Crippen molar-refractivity contribution in [3.05, 3.63) is 18.0 Å². The number of aromatic nitrogens is 2. The highest BCUT2D eigenvalue weighted by molar-refractivity contribution is 5.00. The summed E-state index contributed by atoms with van der Waals surface area (Å²) in [4.78, 5) is 0. The van der Waals surface area contributed by atoms with Crippen LogP contribution >= 0.6 is 0 Å². The maximum absolute atomic E-state index is 4.16. The van der Waals surface area contributed by atoms with Gasteiger partial charge in [-0.25, -0.2) is 0 Å². The molecule has 1 rings (SSSR count). The molecule has 1 aromatic rings. The van der Waals surface area contributed by atoms with E-state index in [9.17, 15) is 0 Å². The number of nitrogens with one attached hydrogen (secondary N) is 1. The highest BCUT2D eigenvalue weighted by Gasteiger charge is 2.21. The lowest BCUT2D eigenvalue weighted by atomic mass is 9.81. The Morgan fingerprint density at radius 1 is 1.44 bits per heavy atom. The topological polar surface area (TPSA) is 29.9 Å². The molecule has 1 aromatic heterocycles. The van der Waals surface area contributed by atoms with E-state index in [0.717, 1.165) is 19.5 Å². The summed E-state index contributed by atoms with van der Waals surface area (Å²) in [6.07, 6.45) is 2.90. The maximum atomic E-state index is 4.16. The van der Waals surface area contributed by atoms with Crippen molar-refractivity contribution in [1.29, 1.82) is 0 Å². The summed E-state index contributed by atoms with van der Waals surface area (Å²) in [6, 6.07) is 2.08. The average molecular weight is 223 g/mol. The van der Waals surface area contributed by atoms with Crippen molar-refractivity contribution in [3.63, 3.8) is 0 Å². The summed E-state index contributed by atoms with van der Waals surface area (Å²) >= 11 is 0. The normalized spacial score (nSPS) is 12.4. The first-order valence-corrected chi connectivity index (χ1v) is 6.11. The lowest BCUT2D eigenvalue weighted by molar-refractivity contribution is 0.239. The molecule has 0 saturated heterocycles. The van der Waals surface area contributed by atoms with Gasteiger partial charge in [0.1, 0.15) is 0 Å². The van der Waals surface area contributed by atoms with E-state index in [1.54, 1.807) is 0 Å². The standard InChI is InChI=1S/C13H25N3/c1-11(2)13(3,4)10-14-8-6-12-7-9-15-16(12)5/h7,9,11,14H,6,8,10H2,1-5H3. The molecule has 0 aliphatic carbocycles. The molecule has 0 fully saturated rings. The highest BCUT2D eigenvalue weighted by atomic mass is 15.3. The van der Waals surface area contributed by atoms with Gasteiger partial charge in [-0.05, 0) is 17.4 Å². The Kier molecular flexibility index (Phi) is 4.54. The van der Waals surface area contributed by atoms with Gasteiger partial charge in [0.05, 0.1) is 0 Å². The zero-order valence-electron chi connectivity index (χ0n) is 11.2. The molecular weight excluding hydrogens is 198 g/mol. The van der Waals surface area contributed by atoms with Crippen LogP contribution in [-0.2, 0) is 13.5 Å². The fourth-order valence-electron chi connectivity index (χ4n) is 1.48. The predicted octanol–water partition coefficient (Wildman–Crippen LogP) is 2.23. The number of hydrogen-bond acceptors (Lipinski definition) is 2. The SMILES string of the molecule is CC(C)C(C)(C)CNCCc1ccnn1C. The lowest BCUT2D eigenvalue weighted by Crippen LogP contribution is -2.34. The van der Waals surface area contributed by atoms with Crippen LogP contribution in [0.3, 0.4) is 0 Å². The second-order valence-corrected chi connectivity index (χ2v) is 5.52. The van der Waals surface area contributed by atoms with Crippen LogP contribution in [0.2, 0.25) is 0 Å². The van der Waals surface area contributed by atoms with Crippen molar-refractivity contribution < 1.29 is 0 Å². The molecule has 0 aliphatic rings. The van der Waals surface area contributed by atoms with Gasteiger partial charge >= 0.3 is 0 Å². The zero-order chi connectivity index (χ0) is 12.2. The Morgan fingerprint density at radius 3 is 2.62 bits per heavy atom. The Bertz CT molecular complexity index is 313. The largest absolute Gasteiger partial charge is 0.316 e. The minimum absolute atomic E-state index is 0.368. The van der Waals surface area contributed by atoms with E-state index < -0.39 is 0 Å². The van der Waals surface area contributed by atoms with Gasteiger partial charge in [-0.15, -0.1) is 0 Å². The summed E-state index contributed by atoms with van der Waals surface area (Å²) < 4.78 is 1.94. The molecule has 92 valence electrons. The van der Waals surface area contributed by atoms with Crippen molar-refractivity contribution in [2.24, 2.45) is 18.4 Å². The minimum Gasteiger partial charge on any atom is -0.316 e. The first-order chi connectivity index (χ1) is 7.43. The van der Waals surface area contributed by atoms with Gasteiger partial charge in [0.25, 0.3) is 0 Å². The summed E-state index contributed by atoms with van der Waals surface area (Å²) in [5.74, 6) is 0.705. The van der Waals surface area contributed by atoms with E-state index in [-0.39, 0.29) is 0 Å². The van der Waals surface area contributed by atoms with Crippen LogP contribution in [-0.4, -0.2) is 22.9 Å². The molecular formula is C13H25N3. The molecule has 1 heterocycles. The van der Waals surface area contributed by atoms with Gasteiger partial charge in [-0.3, -0.25) is 4.68 Å². The molecule has 0 spiro atoms. The number of nitrogens with zero attached hydrogens (tertiary/aromatic N) is 2. The third-order valence-corrected chi connectivity index (χ3v) is 3.62. The molecule has 0 aromatic carbocycles. The Morgan fingerprint density at radius 2 is 2.12 bits per heavy atom. The van der Waals surface area contributed by atoms with E-state index in [2.05, 4.69) is 44.2 Å². The summed E-state index contributed by atoms with van der Waals surface area (Å²) in [5, 5.41) is 7.69. The predicted molar refractivity (Wildman–Crippen MR) is 68.4 cm³/mol. The van der Waals surface area contributed by atoms with Gasteiger partial charge in [0.15, 0.2) is 0 Å². The first-order valence-electron chi connectivity index (χ1n) is 6.11. The van der Waals surface area contributed by atoms with Crippen LogP contribution in [0.15, 0.2) is 12.3 Å². The second kappa shape index (κ2) is 5.48. The van der Waals surface area contributed by atoms with Crippen molar-refractivity contribution in [3.8, 4) is 0 Å². The molecule has 0 amide bonds. The minimum atomic E-state index is 0.368. The van der Waals surface area contributed by atoms with Crippen LogP contribution in [0.1, 0.15) is 33.4 Å². The van der Waals surface area contributed by atoms with E-state index in [1.807, 2.05) is 17.9 Å². The smallest absolute Gasteiger partial charge is 0.0492 e. The monoisotopic (exact) mass is 223 g/mol. The van der Waals surface area contributed by atoms with Crippen molar-refractivity contribution in [2.45, 2.75) is 34.1 Å². The van der Waals surface area contributed by atoms with Crippen LogP contribution in [0.25, 0.3) is 0 Å². The fourth-order valence-corrected chi connectivity index (χ4v) is 1.48.